The minimum Gasteiger partial charge on any atom is -0.487 e. The van der Waals surface area contributed by atoms with Crippen molar-refractivity contribution in [3.05, 3.63) is 101 Å². The molecule has 0 N–H and O–H groups in total. The van der Waals surface area contributed by atoms with Gasteiger partial charge in [-0.15, -0.1) is 0 Å². The van der Waals surface area contributed by atoms with Crippen LogP contribution in [0.15, 0.2) is 84.4 Å². The Bertz CT molecular complexity index is 2070. The Kier molecular flexibility index (Phi) is 8.99. The maximum Gasteiger partial charge on any atom is 0.245 e. The molecule has 5 aromatic rings. The zero-order valence-corrected chi connectivity index (χ0v) is 28.5. The summed E-state index contributed by atoms with van der Waals surface area (Å²) in [6.07, 6.45) is 8.03. The first-order chi connectivity index (χ1) is 23.2. The first-order valence-corrected chi connectivity index (χ1v) is 17.9. The van der Waals surface area contributed by atoms with Crippen LogP contribution >= 0.6 is 23.2 Å². The molecule has 3 aromatic heterocycles. The number of piperazine rings is 1. The van der Waals surface area contributed by atoms with Gasteiger partial charge in [-0.1, -0.05) is 41.4 Å². The van der Waals surface area contributed by atoms with Crippen LogP contribution in [0.4, 0.5) is 5.82 Å². The predicted octanol–water partition coefficient (Wildman–Crippen LogP) is 5.51. The van der Waals surface area contributed by atoms with Crippen LogP contribution in [0.3, 0.4) is 0 Å². The molecule has 0 radical (unpaired) electrons. The minimum atomic E-state index is -4.15. The van der Waals surface area contributed by atoms with Crippen LogP contribution < -0.4 is 9.64 Å². The number of halogens is 2. The molecular weight excluding hydrogens is 673 g/mol. The molecule has 7 rings (SSSR count). The third kappa shape index (κ3) is 6.09. The first kappa shape index (κ1) is 32.3. The zero-order chi connectivity index (χ0) is 33.4. The molecule has 2 aliphatic rings. The van der Waals surface area contributed by atoms with Crippen molar-refractivity contribution < 1.29 is 17.9 Å². The number of hydrogen-bond acceptors (Lipinski definition) is 8. The Balaban J connectivity index is 1.11. The van der Waals surface area contributed by atoms with Crippen molar-refractivity contribution >= 4 is 55.9 Å². The van der Waals surface area contributed by atoms with E-state index in [1.807, 2.05) is 54.1 Å². The van der Waals surface area contributed by atoms with E-state index in [0.717, 1.165) is 22.6 Å². The van der Waals surface area contributed by atoms with E-state index < -0.39 is 16.1 Å². The maximum atomic E-state index is 14.1. The van der Waals surface area contributed by atoms with Gasteiger partial charge in [0.05, 0.1) is 17.0 Å². The van der Waals surface area contributed by atoms with E-state index >= 15 is 0 Å². The van der Waals surface area contributed by atoms with Crippen LogP contribution in [-0.4, -0.2) is 81.8 Å². The number of fused-ring (bicyclic) bond motifs is 1. The summed E-state index contributed by atoms with van der Waals surface area (Å²) in [7, 11) is -4.15. The first-order valence-electron chi connectivity index (χ1n) is 15.7. The Labute approximate surface area is 288 Å². The number of para-hydroxylation sites is 1. The average Bonchev–Trinajstić information content (AvgIpc) is 3.82. The largest absolute Gasteiger partial charge is 0.487 e. The summed E-state index contributed by atoms with van der Waals surface area (Å²) in [6.45, 7) is 4.22. The summed E-state index contributed by atoms with van der Waals surface area (Å²) in [5.41, 5.74) is 2.65. The molecule has 248 valence electrons. The van der Waals surface area contributed by atoms with Gasteiger partial charge in [0.1, 0.15) is 34.6 Å². The summed E-state index contributed by atoms with van der Waals surface area (Å²) in [5.74, 6) is 1.16. The van der Waals surface area contributed by atoms with Crippen LogP contribution in [0.2, 0.25) is 10.0 Å². The smallest absolute Gasteiger partial charge is 0.245 e. The topological polar surface area (TPSA) is 114 Å². The number of aromatic nitrogens is 4. The monoisotopic (exact) mass is 705 g/mol. The number of imidazole rings is 1. The van der Waals surface area contributed by atoms with Gasteiger partial charge in [0, 0.05) is 73.0 Å². The zero-order valence-electron chi connectivity index (χ0n) is 26.2. The summed E-state index contributed by atoms with van der Waals surface area (Å²) in [4.78, 5) is 30.8. The van der Waals surface area contributed by atoms with Gasteiger partial charge in [0.15, 0.2) is 0 Å². The second-order valence-electron chi connectivity index (χ2n) is 11.8. The number of benzene rings is 2. The van der Waals surface area contributed by atoms with Gasteiger partial charge < -0.3 is 19.1 Å². The second-order valence-corrected chi connectivity index (χ2v) is 14.4. The lowest BCUT2D eigenvalue weighted by molar-refractivity contribution is -0.134. The maximum absolute atomic E-state index is 14.1. The third-order valence-corrected chi connectivity index (χ3v) is 11.7. The summed E-state index contributed by atoms with van der Waals surface area (Å²) in [6, 6.07) is 15.4. The van der Waals surface area contributed by atoms with Crippen molar-refractivity contribution in [1.82, 2.24) is 28.7 Å². The normalized spacial score (nSPS) is 17.3. The molecule has 0 aliphatic carbocycles. The number of nitrogens with zero attached hydrogens (tertiary/aromatic N) is 7. The molecule has 2 aliphatic heterocycles. The van der Waals surface area contributed by atoms with E-state index in [-0.39, 0.29) is 34.0 Å². The van der Waals surface area contributed by atoms with Gasteiger partial charge in [-0.3, -0.25) is 4.79 Å². The van der Waals surface area contributed by atoms with Crippen LogP contribution in [0, 0.1) is 6.92 Å². The molecule has 0 bridgehead atoms. The molecule has 1 atom stereocenters. The quantitative estimate of drug-likeness (QED) is 0.208. The summed E-state index contributed by atoms with van der Waals surface area (Å²) >= 11 is 13.4. The lowest BCUT2D eigenvalue weighted by Gasteiger charge is -2.37. The number of rotatable bonds is 8. The number of ether oxygens (including phenoxy) is 1. The molecular formula is C34H33Cl2N7O4S. The van der Waals surface area contributed by atoms with Crippen molar-refractivity contribution in [3.8, 4) is 11.4 Å². The van der Waals surface area contributed by atoms with E-state index in [2.05, 4.69) is 14.9 Å². The number of amides is 1. The summed E-state index contributed by atoms with van der Waals surface area (Å²) in [5, 5.41) is 1.09. The van der Waals surface area contributed by atoms with Crippen LogP contribution in [0.1, 0.15) is 24.1 Å². The van der Waals surface area contributed by atoms with Gasteiger partial charge >= 0.3 is 0 Å². The molecule has 48 heavy (non-hydrogen) atoms. The molecule has 2 aromatic carbocycles. The van der Waals surface area contributed by atoms with Gasteiger partial charge in [0.25, 0.3) is 0 Å². The molecule has 11 nitrogen and oxygen atoms in total. The highest BCUT2D eigenvalue weighted by Crippen LogP contribution is 2.37. The van der Waals surface area contributed by atoms with Gasteiger partial charge in [0.2, 0.25) is 15.9 Å². The lowest BCUT2D eigenvalue weighted by atomic mass is 10.1. The van der Waals surface area contributed by atoms with E-state index in [1.165, 1.54) is 16.4 Å². The Morgan fingerprint density at radius 1 is 1.00 bits per heavy atom. The van der Waals surface area contributed by atoms with Crippen molar-refractivity contribution in [3.63, 3.8) is 0 Å². The SMILES string of the molecule is Cc1cc(-n2ccnc2)c2cccc(OCc3c(Cl)ccc(S(=O)(=O)N4CCC[C@H]4C(=O)N4CCN(c5ccccn5)CC4)c3Cl)c2n1. The molecule has 5 heterocycles. The number of carbonyl (C=O) groups is 1. The molecule has 0 spiro atoms. The highest BCUT2D eigenvalue weighted by atomic mass is 35.5. The molecule has 2 fully saturated rings. The average molecular weight is 707 g/mol. The minimum absolute atomic E-state index is 0.0342. The van der Waals surface area contributed by atoms with Crippen molar-refractivity contribution in [1.29, 1.82) is 0 Å². The van der Waals surface area contributed by atoms with Crippen LogP contribution in [-0.2, 0) is 21.4 Å². The fourth-order valence-corrected chi connectivity index (χ4v) is 8.94. The number of hydrogen-bond donors (Lipinski definition) is 0. The van der Waals surface area contributed by atoms with E-state index in [9.17, 15) is 13.2 Å². The molecule has 14 heteroatoms. The number of anilines is 1. The van der Waals surface area contributed by atoms with Crippen molar-refractivity contribution in [2.24, 2.45) is 0 Å². The van der Waals surface area contributed by atoms with E-state index in [4.69, 9.17) is 32.9 Å². The number of sulfonamides is 1. The van der Waals surface area contributed by atoms with Crippen LogP contribution in [0.5, 0.6) is 5.75 Å². The van der Waals surface area contributed by atoms with E-state index in [0.29, 0.717) is 55.9 Å². The standard InChI is InChI=1S/C34H33Cl2N7O4S/c1-23-20-28(42-15-13-37-22-42)24-6-4-8-29(33(24)39-23)47-21-25-26(35)10-11-30(32(25)36)48(45,46)43-14-5-7-27(43)34(44)41-18-16-40(17-19-41)31-9-2-3-12-38-31/h2-4,6,8-13,15,20,22,27H,5,7,14,16-19,21H2,1H3/t27-/m0/s1. The van der Waals surface area contributed by atoms with E-state index in [1.54, 1.807) is 29.7 Å². The fourth-order valence-electron chi connectivity index (χ4n) is 6.43. The highest BCUT2D eigenvalue weighted by molar-refractivity contribution is 7.89. The Morgan fingerprint density at radius 2 is 1.83 bits per heavy atom. The van der Waals surface area contributed by atoms with Gasteiger partial charge in [-0.2, -0.15) is 4.31 Å². The lowest BCUT2D eigenvalue weighted by Crippen LogP contribution is -2.54. The number of aryl methyl sites for hydroxylation is 1. The molecule has 2 saturated heterocycles. The van der Waals surface area contributed by atoms with Crippen molar-refractivity contribution in [2.75, 3.05) is 37.6 Å². The predicted molar refractivity (Wildman–Crippen MR) is 184 cm³/mol. The molecule has 1 amide bonds. The Morgan fingerprint density at radius 3 is 2.58 bits per heavy atom. The molecule has 0 saturated carbocycles. The van der Waals surface area contributed by atoms with Crippen molar-refractivity contribution in [2.45, 2.75) is 37.3 Å². The number of pyridine rings is 2. The number of carbonyl (C=O) groups excluding carboxylic acids is 1. The Hall–Kier alpha value is -4.23. The van der Waals surface area contributed by atoms with Gasteiger partial charge in [-0.25, -0.2) is 23.4 Å². The summed E-state index contributed by atoms with van der Waals surface area (Å²) < 4.78 is 37.7. The second kappa shape index (κ2) is 13.3. The van der Waals surface area contributed by atoms with Gasteiger partial charge in [-0.05, 0) is 56.2 Å². The fraction of sp³-hybridized carbons (Fsp3) is 0.294. The highest BCUT2D eigenvalue weighted by Gasteiger charge is 2.42. The van der Waals surface area contributed by atoms with Crippen LogP contribution in [0.25, 0.3) is 16.6 Å². The third-order valence-electron chi connectivity index (χ3n) is 8.85. The molecule has 0 unspecified atom stereocenters.